The summed E-state index contributed by atoms with van der Waals surface area (Å²) in [5, 5.41) is 0. The van der Waals surface area contributed by atoms with Crippen LogP contribution in [0.3, 0.4) is 0 Å². The lowest BCUT2D eigenvalue weighted by Gasteiger charge is -2.64. The van der Waals surface area contributed by atoms with Crippen LogP contribution < -0.4 is 9.47 Å². The van der Waals surface area contributed by atoms with E-state index < -0.39 is 46.5 Å². The molecule has 36 heavy (non-hydrogen) atoms. The maximum Gasteiger partial charge on any atom is 0.356 e. The second-order valence-corrected chi connectivity index (χ2v) is 9.74. The molecule has 2 spiro atoms. The fourth-order valence-corrected chi connectivity index (χ4v) is 6.08. The highest BCUT2D eigenvalue weighted by Gasteiger charge is 2.90. The SMILES string of the molecule is O=C1c2ccccc2O[C@@]23C(=O)OCCCCCCCCOC(=O)[C@]24Oc2ccccc2C(=O)[C@@H]4[C@@H]13. The van der Waals surface area contributed by atoms with Gasteiger partial charge >= 0.3 is 11.9 Å². The van der Waals surface area contributed by atoms with Crippen molar-refractivity contribution >= 4 is 23.5 Å². The van der Waals surface area contributed by atoms with Crippen molar-refractivity contribution in [1.82, 2.24) is 0 Å². The Morgan fingerprint density at radius 1 is 0.556 bits per heavy atom. The van der Waals surface area contributed by atoms with Crippen LogP contribution in [0.4, 0.5) is 0 Å². The first-order chi connectivity index (χ1) is 17.5. The minimum atomic E-state index is -2.19. The van der Waals surface area contributed by atoms with E-state index in [1.807, 2.05) is 0 Å². The summed E-state index contributed by atoms with van der Waals surface area (Å²) >= 11 is 0. The van der Waals surface area contributed by atoms with E-state index in [2.05, 4.69) is 0 Å². The molecule has 0 bridgehead atoms. The fraction of sp³-hybridized carbons (Fsp3) is 0.429. The van der Waals surface area contributed by atoms with Gasteiger partial charge in [0.05, 0.1) is 36.2 Å². The summed E-state index contributed by atoms with van der Waals surface area (Å²) in [5.41, 5.74) is -3.89. The van der Waals surface area contributed by atoms with Crippen molar-refractivity contribution in [2.75, 3.05) is 13.2 Å². The zero-order chi connectivity index (χ0) is 24.9. The quantitative estimate of drug-likeness (QED) is 0.515. The number of esters is 2. The van der Waals surface area contributed by atoms with Crippen molar-refractivity contribution in [2.24, 2.45) is 11.8 Å². The summed E-state index contributed by atoms with van der Waals surface area (Å²) in [7, 11) is 0. The van der Waals surface area contributed by atoms with Gasteiger partial charge in [0.25, 0.3) is 11.2 Å². The number of fused-ring (bicyclic) bond motifs is 3. The summed E-state index contributed by atoms with van der Waals surface area (Å²) in [5.74, 6) is -5.02. The number of ketones is 2. The van der Waals surface area contributed by atoms with Gasteiger partial charge in [-0.05, 0) is 37.1 Å². The normalized spacial score (nSPS) is 31.8. The first-order valence-electron chi connectivity index (χ1n) is 12.5. The summed E-state index contributed by atoms with van der Waals surface area (Å²) in [6.45, 7) is 0.208. The predicted octanol–water partition coefficient (Wildman–Crippen LogP) is 3.70. The van der Waals surface area contributed by atoms with Gasteiger partial charge in [-0.25, -0.2) is 9.59 Å². The summed E-state index contributed by atoms with van der Waals surface area (Å²) in [4.78, 5) is 55.4. The van der Waals surface area contributed by atoms with E-state index in [4.69, 9.17) is 18.9 Å². The third-order valence-corrected chi connectivity index (χ3v) is 7.78. The number of ether oxygens (including phenoxy) is 4. The molecule has 2 aromatic rings. The van der Waals surface area contributed by atoms with Crippen LogP contribution in [-0.4, -0.2) is 47.9 Å². The van der Waals surface area contributed by atoms with Crippen LogP contribution in [0.25, 0.3) is 0 Å². The lowest BCUT2D eigenvalue weighted by atomic mass is 9.45. The molecule has 0 aromatic heterocycles. The standard InChI is InChI=1S/C28H26O8/c29-23-17-11-5-7-13-19(17)35-27-21(23)22-24(30)18-12-6-8-14-20(18)36-28(22,27)26(32)34-16-10-4-2-1-3-9-15-33-25(27)31/h5-8,11-14,21-22H,1-4,9-10,15-16H2/t21-,22-,27-,28-/m0/s1. The van der Waals surface area contributed by atoms with Crippen molar-refractivity contribution in [1.29, 1.82) is 0 Å². The van der Waals surface area contributed by atoms with Crippen molar-refractivity contribution in [3.63, 3.8) is 0 Å². The Balaban J connectivity index is 1.55. The Hall–Kier alpha value is -3.68. The first-order valence-corrected chi connectivity index (χ1v) is 12.5. The number of benzene rings is 2. The Labute approximate surface area is 207 Å². The second kappa shape index (κ2) is 8.47. The van der Waals surface area contributed by atoms with Gasteiger partial charge in [0, 0.05) is 0 Å². The zero-order valence-corrected chi connectivity index (χ0v) is 19.7. The van der Waals surface area contributed by atoms with Gasteiger partial charge < -0.3 is 18.9 Å². The van der Waals surface area contributed by atoms with Gasteiger partial charge in [-0.3, -0.25) is 9.59 Å². The lowest BCUT2D eigenvalue weighted by molar-refractivity contribution is -0.262. The monoisotopic (exact) mass is 490 g/mol. The topological polar surface area (TPSA) is 105 Å². The molecule has 8 nitrogen and oxygen atoms in total. The fourth-order valence-electron chi connectivity index (χ4n) is 6.08. The molecule has 3 aliphatic heterocycles. The summed E-state index contributed by atoms with van der Waals surface area (Å²) in [6.07, 6.45) is 4.98. The molecule has 2 aromatic carbocycles. The number of carbonyl (C=O) groups excluding carboxylic acids is 4. The summed E-state index contributed by atoms with van der Waals surface area (Å²) in [6, 6.07) is 13.0. The van der Waals surface area contributed by atoms with E-state index in [-0.39, 0.29) is 35.8 Å². The highest BCUT2D eigenvalue weighted by atomic mass is 16.6. The minimum Gasteiger partial charge on any atom is -0.469 e. The van der Waals surface area contributed by atoms with Crippen LogP contribution in [0.15, 0.2) is 48.5 Å². The van der Waals surface area contributed by atoms with Gasteiger partial charge in [0.15, 0.2) is 11.6 Å². The molecule has 2 fully saturated rings. The molecule has 0 radical (unpaired) electrons. The van der Waals surface area contributed by atoms with Crippen molar-refractivity contribution in [3.05, 3.63) is 59.7 Å². The number of hydrogen-bond acceptors (Lipinski definition) is 8. The number of carbonyl (C=O) groups is 4. The van der Waals surface area contributed by atoms with Gasteiger partial charge in [-0.15, -0.1) is 0 Å². The molecular formula is C28H26O8. The highest BCUT2D eigenvalue weighted by Crippen LogP contribution is 2.64. The van der Waals surface area contributed by atoms with E-state index in [0.717, 1.165) is 25.7 Å². The van der Waals surface area contributed by atoms with E-state index in [0.29, 0.717) is 12.8 Å². The maximum atomic E-state index is 13.9. The van der Waals surface area contributed by atoms with Gasteiger partial charge in [-0.2, -0.15) is 0 Å². The molecular weight excluding hydrogens is 464 g/mol. The maximum absolute atomic E-state index is 13.9. The number of cyclic esters (lactones) is 2. The molecule has 4 atom stereocenters. The Kier molecular flexibility index (Phi) is 5.35. The highest BCUT2D eigenvalue weighted by molar-refractivity contribution is 6.19. The smallest absolute Gasteiger partial charge is 0.356 e. The molecule has 6 rings (SSSR count). The van der Waals surface area contributed by atoms with Gasteiger partial charge in [0.2, 0.25) is 0 Å². The first kappa shape index (κ1) is 22.8. The molecule has 3 heterocycles. The molecule has 0 N–H and O–H groups in total. The molecule has 1 saturated carbocycles. The van der Waals surface area contributed by atoms with Gasteiger partial charge in [0.1, 0.15) is 11.5 Å². The number of rotatable bonds is 0. The molecule has 8 heteroatoms. The number of hydrogen-bond donors (Lipinski definition) is 0. The molecule has 1 aliphatic carbocycles. The van der Waals surface area contributed by atoms with E-state index in [9.17, 15) is 19.2 Å². The predicted molar refractivity (Wildman–Crippen MR) is 125 cm³/mol. The zero-order valence-electron chi connectivity index (χ0n) is 19.7. The van der Waals surface area contributed by atoms with Gasteiger partial charge in [-0.1, -0.05) is 49.9 Å². The van der Waals surface area contributed by atoms with Crippen LogP contribution in [0, 0.1) is 11.8 Å². The third kappa shape index (κ3) is 2.93. The average Bonchev–Trinajstić information content (AvgIpc) is 2.88. The Morgan fingerprint density at radius 2 is 0.944 bits per heavy atom. The third-order valence-electron chi connectivity index (χ3n) is 7.78. The van der Waals surface area contributed by atoms with Crippen LogP contribution in [0.2, 0.25) is 0 Å². The Bertz CT molecular complexity index is 1170. The lowest BCUT2D eigenvalue weighted by Crippen LogP contribution is -2.90. The molecule has 0 amide bonds. The minimum absolute atomic E-state index is 0.104. The van der Waals surface area contributed by atoms with E-state index >= 15 is 0 Å². The van der Waals surface area contributed by atoms with Crippen LogP contribution >= 0.6 is 0 Å². The molecule has 0 unspecified atom stereocenters. The second-order valence-electron chi connectivity index (χ2n) is 9.74. The van der Waals surface area contributed by atoms with Crippen LogP contribution in [-0.2, 0) is 19.1 Å². The molecule has 4 aliphatic rings. The number of para-hydroxylation sites is 2. The van der Waals surface area contributed by atoms with E-state index in [1.54, 1.807) is 48.5 Å². The van der Waals surface area contributed by atoms with Crippen LogP contribution in [0.5, 0.6) is 11.5 Å². The van der Waals surface area contributed by atoms with Crippen molar-refractivity contribution in [3.8, 4) is 11.5 Å². The Morgan fingerprint density at radius 3 is 1.39 bits per heavy atom. The largest absolute Gasteiger partial charge is 0.469 e. The molecule has 186 valence electrons. The summed E-state index contributed by atoms with van der Waals surface area (Å²) < 4.78 is 23.9. The number of Topliss-reactive ketones (excluding diaryl/α,β-unsaturated/α-hetero) is 2. The van der Waals surface area contributed by atoms with Crippen molar-refractivity contribution < 1.29 is 38.1 Å². The van der Waals surface area contributed by atoms with Crippen LogP contribution in [0.1, 0.15) is 59.2 Å². The van der Waals surface area contributed by atoms with E-state index in [1.165, 1.54) is 0 Å². The average molecular weight is 491 g/mol. The molecule has 1 saturated heterocycles. The van der Waals surface area contributed by atoms with Crippen molar-refractivity contribution in [2.45, 2.75) is 49.7 Å².